The Kier molecular flexibility index (Phi) is 20.0. The molecule has 0 amide bonds. The van der Waals surface area contributed by atoms with Crippen LogP contribution in [0.15, 0.2) is 10.6 Å². The van der Waals surface area contributed by atoms with E-state index in [1.165, 1.54) is 77.0 Å². The molecule has 0 aromatic carbocycles. The Bertz CT molecular complexity index is 383. The maximum Gasteiger partial charge on any atom is 0.305 e. The molecule has 0 spiro atoms. The smallest absolute Gasteiger partial charge is 0.305 e. The summed E-state index contributed by atoms with van der Waals surface area (Å²) in [6, 6.07) is 0. The van der Waals surface area contributed by atoms with Gasteiger partial charge in [-0.15, -0.1) is 0 Å². The number of carbonyl (C=O) groups excluding carboxylic acids is 1. The van der Waals surface area contributed by atoms with E-state index >= 15 is 0 Å². The van der Waals surface area contributed by atoms with Gasteiger partial charge in [-0.3, -0.25) is 4.79 Å². The second-order valence-corrected chi connectivity index (χ2v) is 8.29. The highest BCUT2D eigenvalue weighted by atomic mass is 79.9. The van der Waals surface area contributed by atoms with Gasteiger partial charge < -0.3 is 4.74 Å². The van der Waals surface area contributed by atoms with Crippen molar-refractivity contribution in [2.45, 2.75) is 116 Å². The van der Waals surface area contributed by atoms with Crippen molar-refractivity contribution in [3.05, 3.63) is 10.6 Å². The zero-order valence-corrected chi connectivity index (χ0v) is 18.8. The molecule has 0 unspecified atom stereocenters. The third-order valence-corrected chi connectivity index (χ3v) is 5.44. The summed E-state index contributed by atoms with van der Waals surface area (Å²) in [5, 5.41) is 0. The van der Waals surface area contributed by atoms with Crippen molar-refractivity contribution in [1.82, 2.24) is 0 Å². The number of rotatable bonds is 19. The van der Waals surface area contributed by atoms with Gasteiger partial charge in [-0.25, -0.2) is 0 Å². The van der Waals surface area contributed by atoms with Crippen molar-refractivity contribution in [3.8, 4) is 0 Å². The summed E-state index contributed by atoms with van der Waals surface area (Å²) in [5.74, 6) is -0.288. The number of halogens is 3. The predicted molar refractivity (Wildman–Crippen MR) is 113 cm³/mol. The highest BCUT2D eigenvalue weighted by Gasteiger charge is 2.06. The lowest BCUT2D eigenvalue weighted by molar-refractivity contribution is -0.143. The lowest BCUT2D eigenvalue weighted by Gasteiger charge is -2.05. The molecule has 0 aromatic rings. The quantitative estimate of drug-likeness (QED) is 0.144. The van der Waals surface area contributed by atoms with Crippen molar-refractivity contribution in [2.24, 2.45) is 0 Å². The molecule has 0 aliphatic rings. The molecule has 0 atom stereocenters. The number of hydrogen-bond acceptors (Lipinski definition) is 2. The fourth-order valence-corrected chi connectivity index (χ4v) is 3.32. The molecule has 0 heterocycles. The summed E-state index contributed by atoms with van der Waals surface area (Å²) in [6.45, 7) is 2.71. The first-order chi connectivity index (χ1) is 13.1. The Hall–Kier alpha value is -0.450. The normalized spacial score (nSPS) is 10.8. The lowest BCUT2D eigenvalue weighted by atomic mass is 10.0. The van der Waals surface area contributed by atoms with E-state index in [0.29, 0.717) is 13.0 Å². The Morgan fingerprint density at radius 1 is 0.704 bits per heavy atom. The van der Waals surface area contributed by atoms with Crippen LogP contribution in [-0.4, -0.2) is 12.6 Å². The number of esters is 1. The summed E-state index contributed by atoms with van der Waals surface area (Å²) < 4.78 is 29.4. The molecule has 27 heavy (non-hydrogen) atoms. The van der Waals surface area contributed by atoms with Crippen LogP contribution in [0.1, 0.15) is 116 Å². The topological polar surface area (TPSA) is 26.3 Å². The van der Waals surface area contributed by atoms with E-state index in [-0.39, 0.29) is 23.3 Å². The van der Waals surface area contributed by atoms with E-state index < -0.39 is 6.08 Å². The second kappa shape index (κ2) is 20.3. The molecule has 0 bridgehead atoms. The molecule has 0 rings (SSSR count). The van der Waals surface area contributed by atoms with Gasteiger partial charge in [-0.05, 0) is 35.2 Å². The van der Waals surface area contributed by atoms with E-state index in [9.17, 15) is 13.6 Å². The first-order valence-electron chi connectivity index (χ1n) is 10.9. The molecule has 0 aliphatic heterocycles. The summed E-state index contributed by atoms with van der Waals surface area (Å²) in [5.41, 5.74) is 0. The van der Waals surface area contributed by atoms with Crippen LogP contribution in [-0.2, 0) is 9.53 Å². The van der Waals surface area contributed by atoms with E-state index in [0.717, 1.165) is 12.8 Å². The predicted octanol–water partition coefficient (Wildman–Crippen LogP) is 8.68. The van der Waals surface area contributed by atoms with Gasteiger partial charge in [0.15, 0.2) is 0 Å². The van der Waals surface area contributed by atoms with Crippen molar-refractivity contribution in [2.75, 3.05) is 6.61 Å². The summed E-state index contributed by atoms with van der Waals surface area (Å²) in [6.07, 6.45) is 17.2. The van der Waals surface area contributed by atoms with Gasteiger partial charge in [0.25, 0.3) is 6.08 Å². The van der Waals surface area contributed by atoms with Crippen molar-refractivity contribution in [3.63, 3.8) is 0 Å². The van der Waals surface area contributed by atoms with Gasteiger partial charge in [0.2, 0.25) is 0 Å². The number of unbranched alkanes of at least 4 members (excludes halogenated alkanes) is 13. The second-order valence-electron chi connectivity index (χ2n) is 7.34. The van der Waals surface area contributed by atoms with Gasteiger partial charge in [0.05, 0.1) is 11.1 Å². The molecule has 5 heteroatoms. The average molecular weight is 453 g/mol. The molecule has 0 saturated carbocycles. The molecule has 0 saturated heterocycles. The zero-order valence-electron chi connectivity index (χ0n) is 17.2. The molecular formula is C22H39BrF2O2. The zero-order chi connectivity index (χ0) is 20.2. The Balaban J connectivity index is 3.22. The Morgan fingerprint density at radius 3 is 1.59 bits per heavy atom. The van der Waals surface area contributed by atoms with Gasteiger partial charge in [0.1, 0.15) is 0 Å². The molecule has 0 aromatic heterocycles. The standard InChI is InChI=1S/C22H39BrF2O2/c1-2-3-4-5-6-7-8-9-10-11-12-13-14-15-19-27-21(26)18-16-17-20(23)22(24)25/h2-19H2,1H3. The third kappa shape index (κ3) is 20.1. The van der Waals surface area contributed by atoms with Crippen LogP contribution < -0.4 is 0 Å². The average Bonchev–Trinajstić information content (AvgIpc) is 2.64. The molecule has 0 fully saturated rings. The van der Waals surface area contributed by atoms with E-state index in [1.807, 2.05) is 0 Å². The van der Waals surface area contributed by atoms with Crippen LogP contribution in [0.25, 0.3) is 0 Å². The van der Waals surface area contributed by atoms with Crippen LogP contribution in [0.4, 0.5) is 8.78 Å². The van der Waals surface area contributed by atoms with Crippen LogP contribution in [0.3, 0.4) is 0 Å². The SMILES string of the molecule is CCCCCCCCCCCCCCCCOC(=O)CCCC(Br)=C(F)F. The summed E-state index contributed by atoms with van der Waals surface area (Å²) >= 11 is 2.79. The minimum atomic E-state index is -1.72. The van der Waals surface area contributed by atoms with E-state index in [1.54, 1.807) is 0 Å². The van der Waals surface area contributed by atoms with E-state index in [2.05, 4.69) is 22.9 Å². The first kappa shape index (κ1) is 26.6. The summed E-state index contributed by atoms with van der Waals surface area (Å²) in [4.78, 5) is 11.5. The van der Waals surface area contributed by atoms with Crippen LogP contribution in [0.5, 0.6) is 0 Å². The molecular weight excluding hydrogens is 414 g/mol. The fourth-order valence-electron chi connectivity index (χ4n) is 3.04. The van der Waals surface area contributed by atoms with Crippen LogP contribution in [0, 0.1) is 0 Å². The lowest BCUT2D eigenvalue weighted by Crippen LogP contribution is -2.05. The number of carbonyl (C=O) groups is 1. The van der Waals surface area contributed by atoms with Crippen LogP contribution in [0.2, 0.25) is 0 Å². The maximum absolute atomic E-state index is 12.2. The van der Waals surface area contributed by atoms with Crippen molar-refractivity contribution < 1.29 is 18.3 Å². The molecule has 0 N–H and O–H groups in total. The summed E-state index contributed by atoms with van der Waals surface area (Å²) in [7, 11) is 0. The minimum Gasteiger partial charge on any atom is -0.466 e. The van der Waals surface area contributed by atoms with Gasteiger partial charge in [-0.1, -0.05) is 90.4 Å². The van der Waals surface area contributed by atoms with Crippen molar-refractivity contribution in [1.29, 1.82) is 0 Å². The first-order valence-corrected chi connectivity index (χ1v) is 11.7. The van der Waals surface area contributed by atoms with Crippen molar-refractivity contribution >= 4 is 21.9 Å². The monoisotopic (exact) mass is 452 g/mol. The van der Waals surface area contributed by atoms with Gasteiger partial charge >= 0.3 is 5.97 Å². The molecule has 0 radical (unpaired) electrons. The van der Waals surface area contributed by atoms with E-state index in [4.69, 9.17) is 4.74 Å². The van der Waals surface area contributed by atoms with Gasteiger partial charge in [0, 0.05) is 6.42 Å². The minimum absolute atomic E-state index is 0.123. The number of ether oxygens (including phenoxy) is 1. The maximum atomic E-state index is 12.2. The molecule has 160 valence electrons. The highest BCUT2D eigenvalue weighted by Crippen LogP contribution is 2.21. The Morgan fingerprint density at radius 2 is 1.15 bits per heavy atom. The number of allylic oxidation sites excluding steroid dienone is 1. The largest absolute Gasteiger partial charge is 0.466 e. The highest BCUT2D eigenvalue weighted by molar-refractivity contribution is 9.11. The van der Waals surface area contributed by atoms with Crippen LogP contribution >= 0.6 is 15.9 Å². The fraction of sp³-hybridized carbons (Fsp3) is 0.864. The third-order valence-electron chi connectivity index (χ3n) is 4.74. The van der Waals surface area contributed by atoms with Gasteiger partial charge in [-0.2, -0.15) is 8.78 Å². The Labute approximate surface area is 173 Å². The molecule has 0 aliphatic carbocycles. The molecule has 2 nitrogen and oxygen atoms in total. The number of hydrogen-bond donors (Lipinski definition) is 0.